The monoisotopic (exact) mass is 288 g/mol. The molecule has 1 nitrogen and oxygen atoms in total. The molecule has 0 aromatic heterocycles. The van der Waals surface area contributed by atoms with Crippen molar-refractivity contribution in [2.24, 2.45) is 0 Å². The fourth-order valence-electron chi connectivity index (χ4n) is 1.31. The van der Waals surface area contributed by atoms with Gasteiger partial charge in [0, 0.05) is 7.11 Å². The quantitative estimate of drug-likeness (QED) is 0.757. The molecule has 0 saturated carbocycles. The summed E-state index contributed by atoms with van der Waals surface area (Å²) in [5, 5.41) is 7.00. The first-order valence-electron chi connectivity index (χ1n) is 5.26. The van der Waals surface area contributed by atoms with Gasteiger partial charge in [0.25, 0.3) is 0 Å². The first-order chi connectivity index (χ1) is 8.51. The van der Waals surface area contributed by atoms with Gasteiger partial charge in [0.1, 0.15) is 0 Å². The predicted molar refractivity (Wildman–Crippen MR) is 58.7 cm³/mol. The van der Waals surface area contributed by atoms with Gasteiger partial charge in [-0.3, -0.25) is 0 Å². The average Bonchev–Trinajstić information content (AvgIpc) is 2.28. The van der Waals surface area contributed by atoms with Crippen LogP contribution in [0.4, 0.5) is 26.3 Å². The summed E-state index contributed by atoms with van der Waals surface area (Å²) in [6.45, 7) is 3.07. The normalized spacial score (nSPS) is 12.2. The molecule has 0 heterocycles. The third kappa shape index (κ3) is 5.10. The molecule has 1 rings (SSSR count). The van der Waals surface area contributed by atoms with E-state index >= 15 is 0 Å². The number of aliphatic hydroxyl groups is 1. The summed E-state index contributed by atoms with van der Waals surface area (Å²) in [6.07, 6.45) is -9.55. The third-order valence-electron chi connectivity index (χ3n) is 2.28. The van der Waals surface area contributed by atoms with Gasteiger partial charge in [-0.1, -0.05) is 13.8 Å². The summed E-state index contributed by atoms with van der Waals surface area (Å²) < 4.78 is 74.6. The summed E-state index contributed by atoms with van der Waals surface area (Å²) in [7, 11) is 1.00. The standard InChI is InChI=1S/C11H10F6.CH4O/c1-6(2)7-3-8(10(12,13)14)5-9(4-7)11(15,16)17;1-2/h3-6H,1-2H3;2H,1H3. The zero-order chi connectivity index (χ0) is 15.4. The molecule has 19 heavy (non-hydrogen) atoms. The fraction of sp³-hybridized carbons (Fsp3) is 0.500. The second kappa shape index (κ2) is 6.27. The Balaban J connectivity index is 0.00000154. The van der Waals surface area contributed by atoms with E-state index in [0.29, 0.717) is 0 Å². The Bertz CT molecular complexity index is 373. The van der Waals surface area contributed by atoms with Crippen LogP contribution >= 0.6 is 0 Å². The molecule has 0 amide bonds. The molecule has 1 N–H and O–H groups in total. The Morgan fingerprint density at radius 2 is 1.11 bits per heavy atom. The highest BCUT2D eigenvalue weighted by atomic mass is 19.4. The molecule has 0 fully saturated rings. The van der Waals surface area contributed by atoms with Gasteiger partial charge in [-0.2, -0.15) is 26.3 Å². The molecule has 7 heteroatoms. The van der Waals surface area contributed by atoms with Crippen LogP contribution in [-0.4, -0.2) is 12.2 Å². The van der Waals surface area contributed by atoms with E-state index in [-0.39, 0.29) is 11.6 Å². The van der Waals surface area contributed by atoms with Crippen molar-refractivity contribution in [2.45, 2.75) is 32.1 Å². The van der Waals surface area contributed by atoms with Crippen LogP contribution in [0.15, 0.2) is 18.2 Å². The number of halogens is 6. The molecule has 1 aromatic carbocycles. The first-order valence-corrected chi connectivity index (χ1v) is 5.26. The van der Waals surface area contributed by atoms with E-state index in [1.165, 1.54) is 13.8 Å². The van der Waals surface area contributed by atoms with Crippen molar-refractivity contribution in [3.8, 4) is 0 Å². The third-order valence-corrected chi connectivity index (χ3v) is 2.28. The van der Waals surface area contributed by atoms with Crippen LogP contribution in [0.1, 0.15) is 36.5 Å². The van der Waals surface area contributed by atoms with Crippen LogP contribution in [0.25, 0.3) is 0 Å². The zero-order valence-electron chi connectivity index (χ0n) is 10.5. The summed E-state index contributed by atoms with van der Waals surface area (Å²) in [5.74, 6) is -0.404. The average molecular weight is 288 g/mol. The van der Waals surface area contributed by atoms with Gasteiger partial charge >= 0.3 is 12.4 Å². The number of rotatable bonds is 1. The molecule has 0 spiro atoms. The molecule has 110 valence electrons. The molecule has 0 bridgehead atoms. The molecule has 0 unspecified atom stereocenters. The van der Waals surface area contributed by atoms with Crippen molar-refractivity contribution in [1.29, 1.82) is 0 Å². The molecule has 0 aliphatic rings. The summed E-state index contributed by atoms with van der Waals surface area (Å²) in [5.41, 5.74) is -2.51. The molecule has 0 radical (unpaired) electrons. The van der Waals surface area contributed by atoms with E-state index in [0.717, 1.165) is 19.2 Å². The molecule has 0 aliphatic carbocycles. The van der Waals surface area contributed by atoms with E-state index in [2.05, 4.69) is 0 Å². The van der Waals surface area contributed by atoms with E-state index < -0.39 is 29.4 Å². The van der Waals surface area contributed by atoms with Gasteiger partial charge in [0.15, 0.2) is 0 Å². The highest BCUT2D eigenvalue weighted by Gasteiger charge is 2.36. The van der Waals surface area contributed by atoms with E-state index in [4.69, 9.17) is 5.11 Å². The van der Waals surface area contributed by atoms with Crippen molar-refractivity contribution in [3.05, 3.63) is 34.9 Å². The largest absolute Gasteiger partial charge is 0.416 e. The van der Waals surface area contributed by atoms with Gasteiger partial charge in [-0.05, 0) is 29.7 Å². The SMILES string of the molecule is CC(C)c1cc(C(F)(F)F)cc(C(F)(F)F)c1.CO. The van der Waals surface area contributed by atoms with Crippen molar-refractivity contribution in [2.75, 3.05) is 7.11 Å². The van der Waals surface area contributed by atoms with E-state index in [9.17, 15) is 26.3 Å². The van der Waals surface area contributed by atoms with Gasteiger partial charge in [0.2, 0.25) is 0 Å². The first kappa shape index (κ1) is 17.8. The van der Waals surface area contributed by atoms with E-state index in [1.54, 1.807) is 0 Å². The smallest absolute Gasteiger partial charge is 0.400 e. The number of aliphatic hydroxyl groups excluding tert-OH is 1. The zero-order valence-corrected chi connectivity index (χ0v) is 10.5. The molecule has 0 saturated heterocycles. The van der Waals surface area contributed by atoms with Crippen molar-refractivity contribution >= 4 is 0 Å². The van der Waals surface area contributed by atoms with Crippen molar-refractivity contribution < 1.29 is 31.4 Å². The highest BCUT2D eigenvalue weighted by molar-refractivity contribution is 5.35. The van der Waals surface area contributed by atoms with Crippen LogP contribution in [-0.2, 0) is 12.4 Å². The van der Waals surface area contributed by atoms with Crippen molar-refractivity contribution in [3.63, 3.8) is 0 Å². The minimum Gasteiger partial charge on any atom is -0.400 e. The van der Waals surface area contributed by atoms with Gasteiger partial charge in [-0.25, -0.2) is 0 Å². The van der Waals surface area contributed by atoms with Crippen LogP contribution in [0, 0.1) is 0 Å². The lowest BCUT2D eigenvalue weighted by Gasteiger charge is -2.15. The highest BCUT2D eigenvalue weighted by Crippen LogP contribution is 2.37. The topological polar surface area (TPSA) is 20.2 Å². The number of hydrogen-bond acceptors (Lipinski definition) is 1. The Labute approximate surface area is 106 Å². The minimum atomic E-state index is -4.77. The van der Waals surface area contributed by atoms with Crippen LogP contribution in [0.2, 0.25) is 0 Å². The molecular weight excluding hydrogens is 274 g/mol. The van der Waals surface area contributed by atoms with Crippen molar-refractivity contribution in [1.82, 2.24) is 0 Å². The second-order valence-corrected chi connectivity index (χ2v) is 3.99. The summed E-state index contributed by atoms with van der Waals surface area (Å²) in [4.78, 5) is 0. The molecular formula is C12H14F6O. The predicted octanol–water partition coefficient (Wildman–Crippen LogP) is 4.46. The lowest BCUT2D eigenvalue weighted by atomic mass is 9.97. The van der Waals surface area contributed by atoms with Crippen LogP contribution in [0.3, 0.4) is 0 Å². The minimum absolute atomic E-state index is 0.0205. The maximum atomic E-state index is 12.4. The fourth-order valence-corrected chi connectivity index (χ4v) is 1.31. The summed E-state index contributed by atoms with van der Waals surface area (Å²) >= 11 is 0. The number of benzene rings is 1. The molecule has 1 aromatic rings. The Morgan fingerprint density at radius 3 is 1.32 bits per heavy atom. The van der Waals surface area contributed by atoms with Gasteiger partial charge in [0.05, 0.1) is 11.1 Å². The van der Waals surface area contributed by atoms with E-state index in [1.807, 2.05) is 0 Å². The molecule has 0 atom stereocenters. The van der Waals surface area contributed by atoms with Gasteiger partial charge < -0.3 is 5.11 Å². The molecule has 0 aliphatic heterocycles. The van der Waals surface area contributed by atoms with Crippen LogP contribution in [0.5, 0.6) is 0 Å². The Kier molecular flexibility index (Phi) is 5.86. The summed E-state index contributed by atoms with van der Waals surface area (Å²) in [6, 6.07) is 1.63. The lowest BCUT2D eigenvalue weighted by molar-refractivity contribution is -0.143. The Hall–Kier alpha value is -1.24. The maximum Gasteiger partial charge on any atom is 0.416 e. The Morgan fingerprint density at radius 1 is 0.789 bits per heavy atom. The lowest BCUT2D eigenvalue weighted by Crippen LogP contribution is -2.12. The van der Waals surface area contributed by atoms with Crippen LogP contribution < -0.4 is 0 Å². The number of alkyl halides is 6. The maximum absolute atomic E-state index is 12.4. The number of hydrogen-bond donors (Lipinski definition) is 1. The van der Waals surface area contributed by atoms with Gasteiger partial charge in [-0.15, -0.1) is 0 Å². The second-order valence-electron chi connectivity index (χ2n) is 3.99.